The number of methoxy groups -OCH3 is 1. The molecule has 0 fully saturated rings. The van der Waals surface area contributed by atoms with Crippen molar-refractivity contribution in [3.63, 3.8) is 0 Å². The van der Waals surface area contributed by atoms with Crippen LogP contribution >= 0.6 is 11.3 Å². The number of esters is 1. The van der Waals surface area contributed by atoms with Crippen LogP contribution in [0, 0.1) is 0 Å². The maximum Gasteiger partial charge on any atom is 0.339 e. The number of thiophene rings is 1. The highest BCUT2D eigenvalue weighted by molar-refractivity contribution is 7.11. The molecular weight excluding hydrogens is 370 g/mol. The number of hydrogen-bond acceptors (Lipinski definition) is 4. The summed E-state index contributed by atoms with van der Waals surface area (Å²) in [6.07, 6.45) is 1.85. The third-order valence-corrected chi connectivity index (χ3v) is 5.72. The van der Waals surface area contributed by atoms with Crippen molar-refractivity contribution in [1.82, 2.24) is 4.90 Å². The summed E-state index contributed by atoms with van der Waals surface area (Å²) in [7, 11) is 1.37. The Kier molecular flexibility index (Phi) is 5.08. The van der Waals surface area contributed by atoms with Gasteiger partial charge in [-0.3, -0.25) is 4.79 Å². The van der Waals surface area contributed by atoms with Crippen molar-refractivity contribution in [2.45, 2.75) is 12.6 Å². The van der Waals surface area contributed by atoms with E-state index in [9.17, 15) is 9.59 Å². The molecule has 3 aromatic rings. The zero-order chi connectivity index (χ0) is 19.5. The molecular formula is C23H19NO3S. The molecule has 28 heavy (non-hydrogen) atoms. The summed E-state index contributed by atoms with van der Waals surface area (Å²) in [5.41, 5.74) is 3.10. The summed E-state index contributed by atoms with van der Waals surface area (Å²) < 4.78 is 5.01. The summed E-state index contributed by atoms with van der Waals surface area (Å²) >= 11 is 1.47. The smallest absolute Gasteiger partial charge is 0.339 e. The van der Waals surface area contributed by atoms with Crippen molar-refractivity contribution >= 4 is 28.8 Å². The fourth-order valence-electron chi connectivity index (χ4n) is 3.48. The number of carbonyl (C=O) groups is 2. The van der Waals surface area contributed by atoms with Gasteiger partial charge in [0, 0.05) is 17.0 Å². The largest absolute Gasteiger partial charge is 0.465 e. The Labute approximate surface area is 167 Å². The van der Waals surface area contributed by atoms with Crippen LogP contribution in [0.3, 0.4) is 0 Å². The number of amides is 1. The van der Waals surface area contributed by atoms with E-state index in [2.05, 4.69) is 0 Å². The summed E-state index contributed by atoms with van der Waals surface area (Å²) in [5, 5.41) is 1.92. The van der Waals surface area contributed by atoms with E-state index in [0.29, 0.717) is 17.7 Å². The average molecular weight is 389 g/mol. The van der Waals surface area contributed by atoms with Gasteiger partial charge in [-0.25, -0.2) is 4.79 Å². The van der Waals surface area contributed by atoms with Gasteiger partial charge in [0.1, 0.15) is 0 Å². The van der Waals surface area contributed by atoms with Crippen molar-refractivity contribution < 1.29 is 14.3 Å². The van der Waals surface area contributed by atoms with E-state index in [-0.39, 0.29) is 11.9 Å². The van der Waals surface area contributed by atoms with E-state index in [1.54, 1.807) is 4.90 Å². The highest BCUT2D eigenvalue weighted by Crippen LogP contribution is 2.38. The molecule has 1 aliphatic heterocycles. The number of nitrogens with zero attached hydrogens (tertiary/aromatic N) is 1. The standard InChI is InChI=1S/C23H19NO3S/c1-27-23(26)19(21-12-7-13-28-21)14-20-17-10-5-6-11-18(17)22(25)24(20)15-16-8-3-2-4-9-16/h2-14,20H,15H2,1H3/b19-14-. The van der Waals surface area contributed by atoms with Crippen molar-refractivity contribution in [2.24, 2.45) is 0 Å². The van der Waals surface area contributed by atoms with Crippen LogP contribution in [0.5, 0.6) is 0 Å². The molecule has 0 radical (unpaired) electrons. The van der Waals surface area contributed by atoms with Gasteiger partial charge < -0.3 is 9.64 Å². The molecule has 1 amide bonds. The second kappa shape index (κ2) is 7.82. The molecule has 1 aromatic heterocycles. The quantitative estimate of drug-likeness (QED) is 0.469. The van der Waals surface area contributed by atoms with Gasteiger partial charge in [-0.2, -0.15) is 0 Å². The van der Waals surface area contributed by atoms with E-state index in [0.717, 1.165) is 16.0 Å². The molecule has 2 aromatic carbocycles. The van der Waals surface area contributed by atoms with Gasteiger partial charge in [0.2, 0.25) is 0 Å². The number of carbonyl (C=O) groups excluding carboxylic acids is 2. The van der Waals surface area contributed by atoms with Crippen molar-refractivity contribution in [3.8, 4) is 0 Å². The lowest BCUT2D eigenvalue weighted by Crippen LogP contribution is -2.27. The Balaban J connectivity index is 1.80. The van der Waals surface area contributed by atoms with E-state index < -0.39 is 5.97 Å². The van der Waals surface area contributed by atoms with Crippen LogP contribution in [-0.2, 0) is 16.1 Å². The minimum atomic E-state index is -0.404. The predicted molar refractivity (Wildman–Crippen MR) is 110 cm³/mol. The first-order valence-corrected chi connectivity index (χ1v) is 9.85. The number of benzene rings is 2. The monoisotopic (exact) mass is 389 g/mol. The molecule has 5 heteroatoms. The highest BCUT2D eigenvalue weighted by atomic mass is 32.1. The van der Waals surface area contributed by atoms with Gasteiger partial charge in [-0.1, -0.05) is 54.6 Å². The first-order chi connectivity index (χ1) is 13.7. The van der Waals surface area contributed by atoms with Gasteiger partial charge in [0.25, 0.3) is 5.91 Å². The van der Waals surface area contributed by atoms with Gasteiger partial charge in [0.15, 0.2) is 0 Å². The Hall–Kier alpha value is -3.18. The van der Waals surface area contributed by atoms with Crippen LogP contribution in [0.15, 0.2) is 78.2 Å². The molecule has 0 bridgehead atoms. The molecule has 0 aliphatic carbocycles. The minimum absolute atomic E-state index is 0.0314. The first-order valence-electron chi connectivity index (χ1n) is 8.97. The lowest BCUT2D eigenvalue weighted by Gasteiger charge is -2.24. The Morgan fingerprint density at radius 2 is 1.82 bits per heavy atom. The van der Waals surface area contributed by atoms with Gasteiger partial charge in [-0.05, 0) is 34.7 Å². The lowest BCUT2D eigenvalue weighted by molar-refractivity contribution is -0.133. The van der Waals surface area contributed by atoms with Crippen molar-refractivity contribution in [2.75, 3.05) is 7.11 Å². The van der Waals surface area contributed by atoms with Crippen LogP contribution in [0.25, 0.3) is 5.57 Å². The van der Waals surface area contributed by atoms with Crippen LogP contribution < -0.4 is 0 Å². The van der Waals surface area contributed by atoms with Crippen LogP contribution in [-0.4, -0.2) is 23.9 Å². The first kappa shape index (κ1) is 18.2. The zero-order valence-electron chi connectivity index (χ0n) is 15.4. The molecule has 140 valence electrons. The molecule has 4 nitrogen and oxygen atoms in total. The Bertz CT molecular complexity index is 1030. The maximum atomic E-state index is 13.1. The average Bonchev–Trinajstić information content (AvgIpc) is 3.35. The zero-order valence-corrected chi connectivity index (χ0v) is 16.2. The maximum absolute atomic E-state index is 13.1. The van der Waals surface area contributed by atoms with Crippen molar-refractivity contribution in [1.29, 1.82) is 0 Å². The molecule has 1 aliphatic rings. The van der Waals surface area contributed by atoms with Crippen LogP contribution in [0.2, 0.25) is 0 Å². The fourth-order valence-corrected chi connectivity index (χ4v) is 4.22. The normalized spacial score (nSPS) is 16.2. The summed E-state index contributed by atoms with van der Waals surface area (Å²) in [4.78, 5) is 28.2. The minimum Gasteiger partial charge on any atom is -0.465 e. The van der Waals surface area contributed by atoms with Gasteiger partial charge in [-0.15, -0.1) is 11.3 Å². The number of rotatable bonds is 5. The lowest BCUT2D eigenvalue weighted by atomic mass is 10.0. The van der Waals surface area contributed by atoms with E-state index in [1.165, 1.54) is 18.4 Å². The highest BCUT2D eigenvalue weighted by Gasteiger charge is 2.36. The third-order valence-electron chi connectivity index (χ3n) is 4.82. The molecule has 0 saturated carbocycles. The topological polar surface area (TPSA) is 46.6 Å². The van der Waals surface area contributed by atoms with E-state index in [1.807, 2.05) is 78.2 Å². The summed E-state index contributed by atoms with van der Waals surface area (Å²) in [6.45, 7) is 0.467. The number of fused-ring (bicyclic) bond motifs is 1. The molecule has 1 unspecified atom stereocenters. The summed E-state index contributed by atoms with van der Waals surface area (Å²) in [5.74, 6) is -0.435. The van der Waals surface area contributed by atoms with Crippen LogP contribution in [0.4, 0.5) is 0 Å². The SMILES string of the molecule is COC(=O)/C(=C\C1c2ccccc2C(=O)N1Cc1ccccc1)c1cccs1. The fraction of sp³-hybridized carbons (Fsp3) is 0.130. The second-order valence-electron chi connectivity index (χ2n) is 6.50. The Morgan fingerprint density at radius 3 is 2.54 bits per heavy atom. The molecule has 1 atom stereocenters. The number of ether oxygens (including phenoxy) is 1. The molecule has 0 N–H and O–H groups in total. The van der Waals surface area contributed by atoms with E-state index >= 15 is 0 Å². The molecule has 0 spiro atoms. The molecule has 4 rings (SSSR count). The number of hydrogen-bond donors (Lipinski definition) is 0. The predicted octanol–water partition coefficient (Wildman–Crippen LogP) is 4.70. The van der Waals surface area contributed by atoms with Gasteiger partial charge in [0.05, 0.1) is 18.7 Å². The van der Waals surface area contributed by atoms with E-state index in [4.69, 9.17) is 4.74 Å². The molecule has 0 saturated heterocycles. The third kappa shape index (κ3) is 3.37. The van der Waals surface area contributed by atoms with Crippen molar-refractivity contribution in [3.05, 3.63) is 99.8 Å². The molecule has 2 heterocycles. The summed E-state index contributed by atoms with van der Waals surface area (Å²) in [6, 6.07) is 20.9. The van der Waals surface area contributed by atoms with Crippen LogP contribution in [0.1, 0.15) is 32.4 Å². The second-order valence-corrected chi connectivity index (χ2v) is 7.45. The van der Waals surface area contributed by atoms with Gasteiger partial charge >= 0.3 is 5.97 Å². The Morgan fingerprint density at radius 1 is 1.07 bits per heavy atom.